The Kier molecular flexibility index (Phi) is 4.30. The van der Waals surface area contributed by atoms with Crippen LogP contribution in [-0.4, -0.2) is 10.9 Å². The number of halogens is 1. The molecule has 0 saturated heterocycles. The summed E-state index contributed by atoms with van der Waals surface area (Å²) in [6, 6.07) is 6.32. The van der Waals surface area contributed by atoms with Gasteiger partial charge >= 0.3 is 0 Å². The first kappa shape index (κ1) is 14.0. The van der Waals surface area contributed by atoms with Gasteiger partial charge in [0.1, 0.15) is 5.82 Å². The Labute approximate surface area is 117 Å². The van der Waals surface area contributed by atoms with E-state index in [2.05, 4.69) is 15.6 Å². The van der Waals surface area contributed by atoms with Gasteiger partial charge in [-0.25, -0.2) is 4.39 Å². The van der Waals surface area contributed by atoms with Gasteiger partial charge in [0.25, 0.3) is 0 Å². The highest BCUT2D eigenvalue weighted by Crippen LogP contribution is 2.20. The molecule has 20 heavy (non-hydrogen) atoms. The summed E-state index contributed by atoms with van der Waals surface area (Å²) in [5.74, 6) is -0.550. The van der Waals surface area contributed by atoms with E-state index in [9.17, 15) is 9.18 Å². The zero-order chi connectivity index (χ0) is 14.5. The van der Waals surface area contributed by atoms with Crippen LogP contribution in [0.1, 0.15) is 18.1 Å². The smallest absolute Gasteiger partial charge is 0.221 e. The Morgan fingerprint density at radius 1 is 1.35 bits per heavy atom. The van der Waals surface area contributed by atoms with Crippen LogP contribution in [0.3, 0.4) is 0 Å². The normalized spacial score (nSPS) is 10.2. The van der Waals surface area contributed by atoms with Gasteiger partial charge in [0.05, 0.1) is 5.69 Å². The second-order valence-electron chi connectivity index (χ2n) is 4.53. The van der Waals surface area contributed by atoms with Crippen molar-refractivity contribution in [1.82, 2.24) is 4.98 Å². The molecule has 1 aromatic heterocycles. The van der Waals surface area contributed by atoms with Gasteiger partial charge < -0.3 is 10.6 Å². The second-order valence-corrected chi connectivity index (χ2v) is 4.53. The number of nitrogens with one attached hydrogen (secondary N) is 2. The minimum atomic E-state index is -0.361. The lowest BCUT2D eigenvalue weighted by Crippen LogP contribution is -2.08. The molecule has 0 radical (unpaired) electrons. The number of aromatic nitrogens is 1. The number of hydrogen-bond donors (Lipinski definition) is 2. The number of anilines is 2. The predicted octanol–water partition coefficient (Wildman–Crippen LogP) is 3.10. The Bertz CT molecular complexity index is 628. The van der Waals surface area contributed by atoms with E-state index in [4.69, 9.17) is 0 Å². The van der Waals surface area contributed by atoms with Gasteiger partial charge in [-0.15, -0.1) is 0 Å². The molecule has 0 atom stereocenters. The summed E-state index contributed by atoms with van der Waals surface area (Å²) >= 11 is 0. The fourth-order valence-corrected chi connectivity index (χ4v) is 1.81. The van der Waals surface area contributed by atoms with E-state index < -0.39 is 0 Å². The Hall–Kier alpha value is -2.43. The maximum atomic E-state index is 13.7. The lowest BCUT2D eigenvalue weighted by atomic mass is 10.1. The summed E-state index contributed by atoms with van der Waals surface area (Å²) in [4.78, 5) is 15.0. The SMILES string of the molecule is CC(=O)Nc1ccc(F)c(NCc2cnccc2C)c1. The van der Waals surface area contributed by atoms with E-state index in [1.54, 1.807) is 18.5 Å². The molecule has 2 rings (SSSR count). The molecule has 1 aromatic carbocycles. The molecular formula is C15H16FN3O. The second kappa shape index (κ2) is 6.14. The van der Waals surface area contributed by atoms with Crippen LogP contribution in [0, 0.1) is 12.7 Å². The molecule has 0 aliphatic rings. The Morgan fingerprint density at radius 2 is 2.15 bits per heavy atom. The average molecular weight is 273 g/mol. The number of carbonyl (C=O) groups excluding carboxylic acids is 1. The van der Waals surface area contributed by atoms with Crippen LogP contribution in [0.5, 0.6) is 0 Å². The third kappa shape index (κ3) is 3.54. The van der Waals surface area contributed by atoms with Crippen molar-refractivity contribution in [2.24, 2.45) is 0 Å². The van der Waals surface area contributed by atoms with Crippen LogP contribution in [0.2, 0.25) is 0 Å². The summed E-state index contributed by atoms with van der Waals surface area (Å²) in [6.07, 6.45) is 3.47. The zero-order valence-electron chi connectivity index (χ0n) is 11.4. The van der Waals surface area contributed by atoms with Gasteiger partial charge in [0.2, 0.25) is 5.91 Å². The summed E-state index contributed by atoms with van der Waals surface area (Å²) < 4.78 is 13.7. The fraction of sp³-hybridized carbons (Fsp3) is 0.200. The van der Waals surface area contributed by atoms with Crippen LogP contribution < -0.4 is 10.6 Å². The van der Waals surface area contributed by atoms with Gasteiger partial charge in [0.15, 0.2) is 0 Å². The summed E-state index contributed by atoms with van der Waals surface area (Å²) in [6.45, 7) is 3.86. The third-order valence-corrected chi connectivity index (χ3v) is 2.90. The number of benzene rings is 1. The van der Waals surface area contributed by atoms with E-state index in [1.807, 2.05) is 13.0 Å². The van der Waals surface area contributed by atoms with Gasteiger partial charge in [-0.05, 0) is 42.3 Å². The van der Waals surface area contributed by atoms with E-state index in [0.717, 1.165) is 11.1 Å². The number of rotatable bonds is 4. The molecule has 2 aromatic rings. The first-order valence-corrected chi connectivity index (χ1v) is 6.27. The Balaban J connectivity index is 2.12. The largest absolute Gasteiger partial charge is 0.378 e. The minimum absolute atomic E-state index is 0.189. The molecule has 104 valence electrons. The van der Waals surface area contributed by atoms with E-state index in [1.165, 1.54) is 19.1 Å². The van der Waals surface area contributed by atoms with E-state index in [-0.39, 0.29) is 11.7 Å². The fourth-order valence-electron chi connectivity index (χ4n) is 1.81. The first-order valence-electron chi connectivity index (χ1n) is 6.27. The number of amides is 1. The molecule has 0 bridgehead atoms. The molecular weight excluding hydrogens is 257 g/mol. The lowest BCUT2D eigenvalue weighted by Gasteiger charge is -2.11. The summed E-state index contributed by atoms with van der Waals surface area (Å²) in [5.41, 5.74) is 2.99. The van der Waals surface area contributed by atoms with Crippen molar-refractivity contribution in [1.29, 1.82) is 0 Å². The molecule has 0 fully saturated rings. The van der Waals surface area contributed by atoms with Crippen LogP contribution >= 0.6 is 0 Å². The van der Waals surface area contributed by atoms with Gasteiger partial charge in [-0.3, -0.25) is 9.78 Å². The van der Waals surface area contributed by atoms with Gasteiger partial charge in [-0.2, -0.15) is 0 Å². The standard InChI is InChI=1S/C15H16FN3O/c1-10-5-6-17-8-12(10)9-18-15-7-13(19-11(2)20)3-4-14(15)16/h3-8,18H,9H2,1-2H3,(H,19,20). The van der Waals surface area contributed by atoms with Crippen molar-refractivity contribution in [3.8, 4) is 0 Å². The highest BCUT2D eigenvalue weighted by atomic mass is 19.1. The van der Waals surface area contributed by atoms with E-state index >= 15 is 0 Å². The van der Waals surface area contributed by atoms with Crippen molar-refractivity contribution in [3.63, 3.8) is 0 Å². The first-order chi connectivity index (χ1) is 9.56. The zero-order valence-corrected chi connectivity index (χ0v) is 11.4. The molecule has 2 N–H and O–H groups in total. The summed E-state index contributed by atoms with van der Waals surface area (Å²) in [5, 5.41) is 5.64. The van der Waals surface area contributed by atoms with Crippen molar-refractivity contribution in [3.05, 3.63) is 53.6 Å². The Morgan fingerprint density at radius 3 is 2.85 bits per heavy atom. The molecule has 1 amide bonds. The number of pyridine rings is 1. The predicted molar refractivity (Wildman–Crippen MR) is 77.0 cm³/mol. The van der Waals surface area contributed by atoms with Crippen LogP contribution in [0.15, 0.2) is 36.7 Å². The maximum Gasteiger partial charge on any atom is 0.221 e. The molecule has 0 unspecified atom stereocenters. The van der Waals surface area contributed by atoms with Crippen LogP contribution in [-0.2, 0) is 11.3 Å². The lowest BCUT2D eigenvalue weighted by molar-refractivity contribution is -0.114. The van der Waals surface area contributed by atoms with Crippen molar-refractivity contribution in [2.75, 3.05) is 10.6 Å². The average Bonchev–Trinajstić information content (AvgIpc) is 2.40. The topological polar surface area (TPSA) is 54.0 Å². The molecule has 0 aliphatic carbocycles. The number of aryl methyl sites for hydroxylation is 1. The van der Waals surface area contributed by atoms with E-state index in [0.29, 0.717) is 17.9 Å². The molecule has 4 nitrogen and oxygen atoms in total. The third-order valence-electron chi connectivity index (χ3n) is 2.90. The maximum absolute atomic E-state index is 13.7. The number of nitrogens with zero attached hydrogens (tertiary/aromatic N) is 1. The number of carbonyl (C=O) groups is 1. The highest BCUT2D eigenvalue weighted by molar-refractivity contribution is 5.89. The molecule has 0 spiro atoms. The van der Waals surface area contributed by atoms with Crippen molar-refractivity contribution in [2.45, 2.75) is 20.4 Å². The monoisotopic (exact) mass is 273 g/mol. The molecule has 0 saturated carbocycles. The van der Waals surface area contributed by atoms with Crippen LogP contribution in [0.25, 0.3) is 0 Å². The number of hydrogen-bond acceptors (Lipinski definition) is 3. The van der Waals surface area contributed by atoms with Crippen molar-refractivity contribution >= 4 is 17.3 Å². The van der Waals surface area contributed by atoms with Gasteiger partial charge in [-0.1, -0.05) is 0 Å². The quantitative estimate of drug-likeness (QED) is 0.900. The molecule has 0 aliphatic heterocycles. The molecule has 5 heteroatoms. The van der Waals surface area contributed by atoms with Crippen LogP contribution in [0.4, 0.5) is 15.8 Å². The minimum Gasteiger partial charge on any atom is -0.378 e. The molecule has 1 heterocycles. The highest BCUT2D eigenvalue weighted by Gasteiger charge is 2.05. The summed E-state index contributed by atoms with van der Waals surface area (Å²) in [7, 11) is 0. The van der Waals surface area contributed by atoms with Crippen molar-refractivity contribution < 1.29 is 9.18 Å². The van der Waals surface area contributed by atoms with Gasteiger partial charge in [0, 0.05) is 31.5 Å².